The second-order valence-corrected chi connectivity index (χ2v) is 3.66. The van der Waals surface area contributed by atoms with Gasteiger partial charge < -0.3 is 0 Å². The van der Waals surface area contributed by atoms with Gasteiger partial charge in [0.05, 0.1) is 0 Å². The minimum Gasteiger partial charge on any atom is -0.300 e. The zero-order valence-electron chi connectivity index (χ0n) is 8.98. The SMILES string of the molecule is [CH2]CCCCCC(=O)CCCCC. The summed E-state index contributed by atoms with van der Waals surface area (Å²) in [5.41, 5.74) is 0. The van der Waals surface area contributed by atoms with Gasteiger partial charge in [-0.25, -0.2) is 0 Å². The number of carbonyl (C=O) groups is 1. The number of Topliss-reactive ketones (excluding diaryl/α,β-unsaturated/α-hetero) is 1. The predicted molar refractivity (Wildman–Crippen MR) is 57.6 cm³/mol. The number of rotatable bonds is 9. The first-order valence-corrected chi connectivity index (χ1v) is 5.62. The third-order valence-corrected chi connectivity index (χ3v) is 2.26. The van der Waals surface area contributed by atoms with Crippen LogP contribution in [-0.4, -0.2) is 5.78 Å². The van der Waals surface area contributed by atoms with Gasteiger partial charge >= 0.3 is 0 Å². The first-order chi connectivity index (χ1) is 6.31. The van der Waals surface area contributed by atoms with Gasteiger partial charge in [-0.2, -0.15) is 0 Å². The Balaban J connectivity index is 3.11. The number of hydrogen-bond acceptors (Lipinski definition) is 1. The Bertz CT molecular complexity index is 118. The normalized spacial score (nSPS) is 10.3. The van der Waals surface area contributed by atoms with Gasteiger partial charge in [0.15, 0.2) is 0 Å². The minimum atomic E-state index is 0.456. The molecule has 0 aliphatic carbocycles. The maximum Gasteiger partial charge on any atom is 0.132 e. The Morgan fingerprint density at radius 3 is 2.15 bits per heavy atom. The second-order valence-electron chi connectivity index (χ2n) is 3.66. The molecule has 13 heavy (non-hydrogen) atoms. The average molecular weight is 183 g/mol. The van der Waals surface area contributed by atoms with Crippen LogP contribution in [0.25, 0.3) is 0 Å². The van der Waals surface area contributed by atoms with Crippen molar-refractivity contribution in [3.05, 3.63) is 6.92 Å². The number of unbranched alkanes of at least 4 members (excludes halogenated alkanes) is 5. The smallest absolute Gasteiger partial charge is 0.132 e. The van der Waals surface area contributed by atoms with E-state index in [1.807, 2.05) is 0 Å². The van der Waals surface area contributed by atoms with Gasteiger partial charge in [0, 0.05) is 12.8 Å². The Hall–Kier alpha value is -0.330. The van der Waals surface area contributed by atoms with E-state index in [1.54, 1.807) is 0 Å². The molecule has 0 heterocycles. The maximum absolute atomic E-state index is 11.3. The fourth-order valence-electron chi connectivity index (χ4n) is 1.37. The maximum atomic E-state index is 11.3. The average Bonchev–Trinajstić information content (AvgIpc) is 2.13. The molecule has 0 atom stereocenters. The Labute approximate surface area is 82.9 Å². The van der Waals surface area contributed by atoms with Gasteiger partial charge in [0.1, 0.15) is 5.78 Å². The highest BCUT2D eigenvalue weighted by atomic mass is 16.1. The first-order valence-electron chi connectivity index (χ1n) is 5.62. The highest BCUT2D eigenvalue weighted by Crippen LogP contribution is 2.07. The van der Waals surface area contributed by atoms with Crippen molar-refractivity contribution in [2.24, 2.45) is 0 Å². The van der Waals surface area contributed by atoms with Gasteiger partial charge in [-0.3, -0.25) is 4.79 Å². The Kier molecular flexibility index (Phi) is 9.51. The van der Waals surface area contributed by atoms with Crippen molar-refractivity contribution in [1.82, 2.24) is 0 Å². The van der Waals surface area contributed by atoms with Crippen LogP contribution in [0.2, 0.25) is 0 Å². The molecule has 0 amide bonds. The van der Waals surface area contributed by atoms with Crippen LogP contribution in [0.4, 0.5) is 0 Å². The zero-order chi connectivity index (χ0) is 9.94. The molecule has 0 aliphatic heterocycles. The molecule has 0 spiro atoms. The van der Waals surface area contributed by atoms with Crippen molar-refractivity contribution >= 4 is 5.78 Å². The standard InChI is InChI=1S/C12H23O/c1-3-5-7-9-11-12(13)10-8-6-4-2/h1,3-11H2,2H3. The molecule has 0 bridgehead atoms. The molecule has 77 valence electrons. The molecule has 0 N–H and O–H groups in total. The van der Waals surface area contributed by atoms with E-state index in [2.05, 4.69) is 13.8 Å². The predicted octanol–water partition coefficient (Wildman–Crippen LogP) is 3.92. The lowest BCUT2D eigenvalue weighted by Crippen LogP contribution is -1.97. The molecule has 0 aromatic rings. The van der Waals surface area contributed by atoms with Crippen molar-refractivity contribution in [2.45, 2.75) is 64.7 Å². The molecule has 0 saturated heterocycles. The van der Waals surface area contributed by atoms with Gasteiger partial charge in [-0.05, 0) is 12.8 Å². The summed E-state index contributed by atoms with van der Waals surface area (Å²) >= 11 is 0. The molecule has 0 rings (SSSR count). The third kappa shape index (κ3) is 9.59. The van der Waals surface area contributed by atoms with E-state index >= 15 is 0 Å². The molecule has 1 heteroatoms. The molecule has 0 aliphatic rings. The van der Waals surface area contributed by atoms with E-state index in [1.165, 1.54) is 25.7 Å². The molecular weight excluding hydrogens is 160 g/mol. The highest BCUT2D eigenvalue weighted by molar-refractivity contribution is 5.78. The monoisotopic (exact) mass is 183 g/mol. The summed E-state index contributed by atoms with van der Waals surface area (Å²) in [4.78, 5) is 11.3. The van der Waals surface area contributed by atoms with Crippen LogP contribution < -0.4 is 0 Å². The van der Waals surface area contributed by atoms with Crippen LogP contribution in [-0.2, 0) is 4.79 Å². The number of carbonyl (C=O) groups excluding carboxylic acids is 1. The van der Waals surface area contributed by atoms with Crippen molar-refractivity contribution < 1.29 is 4.79 Å². The lowest BCUT2D eigenvalue weighted by atomic mass is 10.1. The van der Waals surface area contributed by atoms with E-state index in [0.29, 0.717) is 5.78 Å². The fourth-order valence-corrected chi connectivity index (χ4v) is 1.37. The molecule has 1 radical (unpaired) electrons. The summed E-state index contributed by atoms with van der Waals surface area (Å²) in [6, 6.07) is 0. The van der Waals surface area contributed by atoms with E-state index in [0.717, 1.165) is 32.1 Å². The summed E-state index contributed by atoms with van der Waals surface area (Å²) in [6.07, 6.45) is 9.50. The van der Waals surface area contributed by atoms with Crippen molar-refractivity contribution in [3.8, 4) is 0 Å². The molecule has 1 nitrogen and oxygen atoms in total. The first kappa shape index (κ1) is 12.7. The van der Waals surface area contributed by atoms with Gasteiger partial charge in [-0.15, -0.1) is 0 Å². The van der Waals surface area contributed by atoms with Crippen molar-refractivity contribution in [1.29, 1.82) is 0 Å². The van der Waals surface area contributed by atoms with Gasteiger partial charge in [0.2, 0.25) is 0 Å². The van der Waals surface area contributed by atoms with Crippen LogP contribution in [0.5, 0.6) is 0 Å². The summed E-state index contributed by atoms with van der Waals surface area (Å²) in [5, 5.41) is 0. The summed E-state index contributed by atoms with van der Waals surface area (Å²) < 4.78 is 0. The Morgan fingerprint density at radius 1 is 1.00 bits per heavy atom. The molecule has 0 saturated carbocycles. The quantitative estimate of drug-likeness (QED) is 0.495. The van der Waals surface area contributed by atoms with Gasteiger partial charge in [-0.1, -0.05) is 46.0 Å². The van der Waals surface area contributed by atoms with E-state index in [4.69, 9.17) is 0 Å². The number of hydrogen-bond donors (Lipinski definition) is 0. The largest absolute Gasteiger partial charge is 0.300 e. The van der Waals surface area contributed by atoms with Crippen molar-refractivity contribution in [3.63, 3.8) is 0 Å². The van der Waals surface area contributed by atoms with Crippen LogP contribution >= 0.6 is 0 Å². The lowest BCUT2D eigenvalue weighted by molar-refractivity contribution is -0.119. The van der Waals surface area contributed by atoms with E-state index in [-0.39, 0.29) is 0 Å². The molecular formula is C12H23O. The van der Waals surface area contributed by atoms with Gasteiger partial charge in [0.25, 0.3) is 0 Å². The van der Waals surface area contributed by atoms with Crippen LogP contribution in [0.3, 0.4) is 0 Å². The van der Waals surface area contributed by atoms with E-state index in [9.17, 15) is 4.79 Å². The van der Waals surface area contributed by atoms with Crippen LogP contribution in [0.15, 0.2) is 0 Å². The summed E-state index contributed by atoms with van der Waals surface area (Å²) in [5.74, 6) is 0.456. The minimum absolute atomic E-state index is 0.456. The second kappa shape index (κ2) is 9.76. The summed E-state index contributed by atoms with van der Waals surface area (Å²) in [6.45, 7) is 5.94. The molecule has 0 aromatic heterocycles. The summed E-state index contributed by atoms with van der Waals surface area (Å²) in [7, 11) is 0. The highest BCUT2D eigenvalue weighted by Gasteiger charge is 2.00. The number of ketones is 1. The molecule has 0 aromatic carbocycles. The van der Waals surface area contributed by atoms with Crippen molar-refractivity contribution in [2.75, 3.05) is 0 Å². The van der Waals surface area contributed by atoms with E-state index < -0.39 is 0 Å². The third-order valence-electron chi connectivity index (χ3n) is 2.26. The fraction of sp³-hybridized carbons (Fsp3) is 0.833. The lowest BCUT2D eigenvalue weighted by Gasteiger charge is -1.99. The Morgan fingerprint density at radius 2 is 1.62 bits per heavy atom. The van der Waals surface area contributed by atoms with Crippen LogP contribution in [0, 0.1) is 6.92 Å². The zero-order valence-corrected chi connectivity index (χ0v) is 8.98. The van der Waals surface area contributed by atoms with Crippen LogP contribution in [0.1, 0.15) is 64.7 Å². The molecule has 0 unspecified atom stereocenters. The molecule has 0 fully saturated rings. The topological polar surface area (TPSA) is 17.1 Å².